The molecule has 4 aromatic rings. The van der Waals surface area contributed by atoms with E-state index in [0.29, 0.717) is 11.8 Å². The molecule has 3 aromatic carbocycles. The number of ether oxygens (including phenoxy) is 1. The molecule has 0 saturated carbocycles. The third-order valence-corrected chi connectivity index (χ3v) is 7.77. The summed E-state index contributed by atoms with van der Waals surface area (Å²) in [7, 11) is -3.10. The number of anilines is 2. The number of pyridine rings is 1. The molecule has 17 nitrogen and oxygen atoms in total. The minimum atomic E-state index is -3.10. The van der Waals surface area contributed by atoms with Crippen molar-refractivity contribution >= 4 is 59.7 Å². The second-order valence-corrected chi connectivity index (χ2v) is 13.5. The fraction of sp³-hybridized carbons (Fsp3) is 0.156. The highest BCUT2D eigenvalue weighted by atomic mass is 35.5. The van der Waals surface area contributed by atoms with E-state index in [-0.39, 0.29) is 57.4 Å². The predicted octanol–water partition coefficient (Wildman–Crippen LogP) is 5.92. The highest BCUT2D eigenvalue weighted by Gasteiger charge is 2.19. The molecule has 282 valence electrons. The van der Waals surface area contributed by atoms with Crippen molar-refractivity contribution in [2.45, 2.75) is 19.4 Å². The molecule has 9 N–H and O–H groups in total. The molecule has 0 fully saturated rings. The van der Waals surface area contributed by atoms with Gasteiger partial charge in [-0.3, -0.25) is 24.5 Å². The number of halogens is 3. The zero-order chi connectivity index (χ0) is 39.9. The number of urea groups is 1. The number of nitro groups is 1. The number of hydrogen-bond acceptors (Lipinski definition) is 11. The molecule has 1 aromatic heterocycles. The summed E-state index contributed by atoms with van der Waals surface area (Å²) in [4.78, 5) is 55.6. The Morgan fingerprint density at radius 3 is 2.25 bits per heavy atom. The number of hydrazone groups is 1. The molecule has 0 aliphatic heterocycles. The topological polar surface area (TPSA) is 283 Å². The Bertz CT molecular complexity index is 2000. The van der Waals surface area contributed by atoms with Crippen LogP contribution in [0.3, 0.4) is 0 Å². The van der Waals surface area contributed by atoms with Gasteiger partial charge in [0.2, 0.25) is 0 Å². The molecular formula is C32H33ClF2N7O10P. The summed E-state index contributed by atoms with van der Waals surface area (Å²) in [6, 6.07) is 15.1. The Labute approximate surface area is 304 Å². The minimum Gasteiger partial charge on any atom is -0.480 e. The molecule has 2 amide bonds. The van der Waals surface area contributed by atoms with E-state index in [0.717, 1.165) is 12.1 Å². The molecule has 2 atom stereocenters. The number of carbonyl (C=O) groups is 3. The quantitative estimate of drug-likeness (QED) is 0.0307. The summed E-state index contributed by atoms with van der Waals surface area (Å²) in [6.45, 7) is 2.64. The normalized spacial score (nSPS) is 12.3. The molecule has 0 bridgehead atoms. The number of nitrogens with one attached hydrogen (secondary N) is 2. The van der Waals surface area contributed by atoms with Gasteiger partial charge in [-0.15, -0.1) is 0 Å². The second-order valence-electron chi connectivity index (χ2n) is 10.6. The lowest BCUT2D eigenvalue weighted by Gasteiger charge is -2.08. The Morgan fingerprint density at radius 2 is 1.70 bits per heavy atom. The summed E-state index contributed by atoms with van der Waals surface area (Å²) in [5, 5.41) is 34.0. The van der Waals surface area contributed by atoms with Gasteiger partial charge in [-0.05, 0) is 55.8 Å². The second kappa shape index (κ2) is 20.1. The number of aromatic carboxylic acids is 1. The molecule has 53 heavy (non-hydrogen) atoms. The Balaban J connectivity index is 0.000000296. The van der Waals surface area contributed by atoms with Crippen LogP contribution in [-0.2, 0) is 9.36 Å². The van der Waals surface area contributed by atoms with Crippen molar-refractivity contribution in [3.05, 3.63) is 117 Å². The number of nitro benzene ring substituents is 1. The number of amides is 2. The molecule has 0 saturated heterocycles. The van der Waals surface area contributed by atoms with E-state index in [1.807, 2.05) is 6.07 Å². The van der Waals surface area contributed by atoms with Crippen LogP contribution in [0.25, 0.3) is 0 Å². The first-order valence-electron chi connectivity index (χ1n) is 14.8. The number of aromatic nitrogens is 1. The van der Waals surface area contributed by atoms with Gasteiger partial charge >= 0.3 is 18.0 Å². The maximum absolute atomic E-state index is 13.0. The number of hydrogen-bond donors (Lipinski definition) is 7. The van der Waals surface area contributed by atoms with Crippen LogP contribution < -0.4 is 26.9 Å². The van der Waals surface area contributed by atoms with Crippen molar-refractivity contribution in [1.29, 1.82) is 0 Å². The zero-order valence-corrected chi connectivity index (χ0v) is 29.4. The van der Waals surface area contributed by atoms with Crippen LogP contribution >= 0.6 is 19.0 Å². The first-order chi connectivity index (χ1) is 24.8. The maximum Gasteiger partial charge on any atom is 0.339 e. The molecule has 0 radical (unpaired) electrons. The predicted molar refractivity (Wildman–Crippen MR) is 192 cm³/mol. The summed E-state index contributed by atoms with van der Waals surface area (Å²) in [5.74, 6) is -3.15. The summed E-state index contributed by atoms with van der Waals surface area (Å²) >= 11 is 5.94. The molecule has 0 aliphatic rings. The lowest BCUT2D eigenvalue weighted by atomic mass is 10.1. The first-order valence-corrected chi connectivity index (χ1v) is 17.4. The molecule has 4 rings (SSSR count). The number of nitrogen functional groups attached to an aromatic ring is 1. The van der Waals surface area contributed by atoms with Crippen molar-refractivity contribution in [2.24, 2.45) is 10.8 Å². The van der Waals surface area contributed by atoms with Gasteiger partial charge in [0, 0.05) is 36.8 Å². The van der Waals surface area contributed by atoms with Crippen LogP contribution in [0.5, 0.6) is 11.5 Å². The van der Waals surface area contributed by atoms with Crippen LogP contribution in [0, 0.1) is 21.7 Å². The van der Waals surface area contributed by atoms with E-state index >= 15 is 0 Å². The number of carboxylic acids is 2. The van der Waals surface area contributed by atoms with E-state index in [1.165, 1.54) is 44.1 Å². The number of nitrogens with zero attached hydrogens (tertiary/aromatic N) is 3. The summed E-state index contributed by atoms with van der Waals surface area (Å²) in [6.07, 6.45) is 1.39. The van der Waals surface area contributed by atoms with Gasteiger partial charge in [0.15, 0.2) is 7.37 Å². The number of benzene rings is 3. The molecule has 0 spiro atoms. The van der Waals surface area contributed by atoms with Crippen molar-refractivity contribution in [2.75, 3.05) is 23.9 Å². The standard InChI is InChI=1S/C15H12F2N4O3.C12H9ClN2O3.C5H12NO4P/c1-8(13-12(14(22)23)3-2-4-18-13)20-21-15(24)19-11-6-9(16)5-10(17)7-11;13-11-10(18-8-4-2-1-3-5-8)7-6-9(12(11)14)15(16)17;1-11(9,10)3-2-4(6)5(7)8/h2-7H,1H3,(H,22,23)(H2,19,21,24);1-7H,14H2;4H,2-3,6H2,1H3,(H,7,8)(H,9,10)/b20-8+;;. The van der Waals surface area contributed by atoms with E-state index in [1.54, 1.807) is 24.3 Å². The average Bonchev–Trinajstić information content (AvgIpc) is 3.08. The van der Waals surface area contributed by atoms with Crippen LogP contribution in [0.2, 0.25) is 5.02 Å². The van der Waals surface area contributed by atoms with Crippen LogP contribution in [0.4, 0.5) is 30.6 Å². The Kier molecular flexibility index (Phi) is 16.4. The third-order valence-electron chi connectivity index (χ3n) is 6.29. The molecular weight excluding hydrogens is 747 g/mol. The number of rotatable bonds is 11. The number of carboxylic acid groups (broad SMARTS) is 2. The first kappa shape index (κ1) is 43.2. The lowest BCUT2D eigenvalue weighted by molar-refractivity contribution is -0.383. The van der Waals surface area contributed by atoms with E-state index in [9.17, 15) is 37.8 Å². The van der Waals surface area contributed by atoms with Gasteiger partial charge in [0.05, 0.1) is 16.2 Å². The van der Waals surface area contributed by atoms with Crippen LogP contribution in [0.1, 0.15) is 29.4 Å². The number of nitrogens with two attached hydrogens (primary N) is 2. The van der Waals surface area contributed by atoms with Crippen LogP contribution in [0.15, 0.2) is 84.1 Å². The van der Waals surface area contributed by atoms with E-state index < -0.39 is 47.9 Å². The third kappa shape index (κ3) is 15.0. The maximum atomic E-state index is 13.0. The molecule has 2 unspecified atom stereocenters. The highest BCUT2D eigenvalue weighted by molar-refractivity contribution is 7.57. The lowest BCUT2D eigenvalue weighted by Crippen LogP contribution is -2.30. The van der Waals surface area contributed by atoms with Gasteiger partial charge in [-0.1, -0.05) is 29.8 Å². The monoisotopic (exact) mass is 779 g/mol. The van der Waals surface area contributed by atoms with E-state index in [2.05, 4.69) is 20.8 Å². The smallest absolute Gasteiger partial charge is 0.339 e. The van der Waals surface area contributed by atoms with Gasteiger partial charge < -0.3 is 36.6 Å². The van der Waals surface area contributed by atoms with Gasteiger partial charge in [0.25, 0.3) is 5.69 Å². The zero-order valence-electron chi connectivity index (χ0n) is 27.8. The number of carbonyl (C=O) groups excluding carboxylic acids is 1. The Hall–Kier alpha value is -6.01. The summed E-state index contributed by atoms with van der Waals surface area (Å²) in [5.41, 5.74) is 12.5. The highest BCUT2D eigenvalue weighted by Crippen LogP contribution is 2.39. The Morgan fingerprint density at radius 1 is 1.08 bits per heavy atom. The van der Waals surface area contributed by atoms with Crippen molar-refractivity contribution in [3.63, 3.8) is 0 Å². The number of para-hydroxylation sites is 1. The van der Waals surface area contributed by atoms with Crippen molar-refractivity contribution < 1.29 is 52.5 Å². The fourth-order valence-electron chi connectivity index (χ4n) is 3.76. The summed E-state index contributed by atoms with van der Waals surface area (Å²) < 4.78 is 42.2. The van der Waals surface area contributed by atoms with Gasteiger partial charge in [0.1, 0.15) is 45.6 Å². The fourth-order valence-corrected chi connectivity index (χ4v) is 4.71. The van der Waals surface area contributed by atoms with Crippen molar-refractivity contribution in [1.82, 2.24) is 10.4 Å². The minimum absolute atomic E-state index is 0.0352. The van der Waals surface area contributed by atoms with E-state index in [4.69, 9.17) is 42.9 Å². The average molecular weight is 780 g/mol. The number of aliphatic carboxylic acids is 1. The van der Waals surface area contributed by atoms with Gasteiger partial charge in [-0.2, -0.15) is 5.10 Å². The molecule has 0 aliphatic carbocycles. The SMILES string of the molecule is C/C(=N\NC(=O)Nc1cc(F)cc(F)c1)c1ncccc1C(=O)O.CP(=O)(O)CCC(N)C(=O)O.Nc1c([N+](=O)[O-])ccc(Oc2ccccc2)c1Cl. The molecule has 1 heterocycles. The van der Waals surface area contributed by atoms with Crippen LogP contribution in [-0.4, -0.2) is 67.6 Å². The largest absolute Gasteiger partial charge is 0.480 e. The van der Waals surface area contributed by atoms with Crippen molar-refractivity contribution in [3.8, 4) is 11.5 Å². The van der Waals surface area contributed by atoms with Gasteiger partial charge in [-0.25, -0.2) is 23.8 Å². The molecule has 21 heteroatoms.